The molecule has 3 N–H and O–H groups in total. The van der Waals surface area contributed by atoms with Crippen LogP contribution in [0.4, 0.5) is 5.69 Å². The van der Waals surface area contributed by atoms with E-state index in [1.54, 1.807) is 25.4 Å². The molecule has 1 amide bonds. The first-order valence-electron chi connectivity index (χ1n) is 14.1. The molecular weight excluding hydrogens is 554 g/mol. The minimum Gasteiger partial charge on any atom is -0.361 e. The minimum atomic E-state index is -4.20. The normalized spacial score (nSPS) is 16.5. The maximum absolute atomic E-state index is 14.1. The first-order valence-corrected chi connectivity index (χ1v) is 15.7. The number of aromatic amines is 1. The molecular formula is C31H35N5O5S. The molecule has 1 aliphatic carbocycles. The lowest BCUT2D eigenvalue weighted by Gasteiger charge is -2.38. The zero-order chi connectivity index (χ0) is 29.8. The number of carbonyl (C=O) groups is 1. The highest BCUT2D eigenvalue weighted by atomic mass is 32.2. The van der Waals surface area contributed by atoms with Gasteiger partial charge in [0.15, 0.2) is 0 Å². The number of carbonyl (C=O) groups excluding carboxylic acids is 1. The fraction of sp³-hybridized carbons (Fsp3) is 0.355. The van der Waals surface area contributed by atoms with E-state index in [4.69, 9.17) is 0 Å². The van der Waals surface area contributed by atoms with Crippen LogP contribution in [0.15, 0.2) is 79.1 Å². The first-order chi connectivity index (χ1) is 20.1. The van der Waals surface area contributed by atoms with Crippen LogP contribution < -0.4 is 10.0 Å². The van der Waals surface area contributed by atoms with Gasteiger partial charge < -0.3 is 10.3 Å². The SMILES string of the molecule is C[C@@](Cc1c[nH]c2ccccc12)(NS(=O)(=O)Cc1ccccc1[N+](=O)[O-])C(=O)NCC1(c2ccccn2)CCCCC1. The summed E-state index contributed by atoms with van der Waals surface area (Å²) in [5, 5.41) is 15.5. The molecule has 1 saturated carbocycles. The maximum Gasteiger partial charge on any atom is 0.273 e. The van der Waals surface area contributed by atoms with Gasteiger partial charge in [0, 0.05) is 59.0 Å². The molecule has 2 aromatic heterocycles. The van der Waals surface area contributed by atoms with Crippen LogP contribution in [0.3, 0.4) is 0 Å². The van der Waals surface area contributed by atoms with Gasteiger partial charge in [0.1, 0.15) is 5.54 Å². The van der Waals surface area contributed by atoms with Crippen molar-refractivity contribution in [3.63, 3.8) is 0 Å². The summed E-state index contributed by atoms with van der Waals surface area (Å²) in [6.07, 6.45) is 8.49. The largest absolute Gasteiger partial charge is 0.361 e. The van der Waals surface area contributed by atoms with Gasteiger partial charge in [-0.3, -0.25) is 19.9 Å². The number of hydrogen-bond donors (Lipinski definition) is 3. The Morgan fingerprint density at radius 3 is 2.48 bits per heavy atom. The van der Waals surface area contributed by atoms with Crippen LogP contribution in [0.1, 0.15) is 55.8 Å². The highest BCUT2D eigenvalue weighted by Crippen LogP contribution is 2.38. The van der Waals surface area contributed by atoms with Gasteiger partial charge in [-0.15, -0.1) is 0 Å². The summed E-state index contributed by atoms with van der Waals surface area (Å²) in [5.74, 6) is -1.11. The molecule has 0 unspecified atom stereocenters. The molecule has 220 valence electrons. The van der Waals surface area contributed by atoms with Crippen LogP contribution >= 0.6 is 0 Å². The summed E-state index contributed by atoms with van der Waals surface area (Å²) in [4.78, 5) is 32.8. The molecule has 0 aliphatic heterocycles. The Bertz CT molecular complexity index is 1680. The average molecular weight is 590 g/mol. The second-order valence-corrected chi connectivity index (χ2v) is 13.1. The number of H-pyrrole nitrogens is 1. The molecule has 4 aromatic rings. The Hall–Kier alpha value is -4.09. The number of nitrogens with zero attached hydrogens (tertiary/aromatic N) is 2. The van der Waals surface area contributed by atoms with Gasteiger partial charge in [0.2, 0.25) is 15.9 Å². The van der Waals surface area contributed by atoms with Crippen LogP contribution in [0.5, 0.6) is 0 Å². The average Bonchev–Trinajstić information content (AvgIpc) is 3.38. The highest BCUT2D eigenvalue weighted by Gasteiger charge is 2.41. The molecule has 2 heterocycles. The number of benzene rings is 2. The Morgan fingerprint density at radius 2 is 1.74 bits per heavy atom. The molecule has 11 heteroatoms. The number of fused-ring (bicyclic) bond motifs is 1. The first kappa shape index (κ1) is 29.4. The Morgan fingerprint density at radius 1 is 1.02 bits per heavy atom. The standard InChI is InChI=1S/C31H35N5O5S/c1-30(19-24-20-33-26-13-5-4-12-25(24)26,35-42(40,41)21-23-11-3-6-14-27(23)36(38)39)29(37)34-22-31(16-8-2-9-17-31)28-15-7-10-18-32-28/h3-7,10-15,18,20,33,35H,2,8-9,16-17,19,21-22H2,1H3,(H,34,37)/t30-/m0/s1. The lowest BCUT2D eigenvalue weighted by molar-refractivity contribution is -0.385. The van der Waals surface area contributed by atoms with Gasteiger partial charge in [-0.05, 0) is 43.5 Å². The molecule has 5 rings (SSSR count). The van der Waals surface area contributed by atoms with Gasteiger partial charge in [0.25, 0.3) is 5.69 Å². The molecule has 10 nitrogen and oxygen atoms in total. The number of nitro groups is 1. The topological polar surface area (TPSA) is 147 Å². The second kappa shape index (κ2) is 12.0. The van der Waals surface area contributed by atoms with Crippen molar-refractivity contribution >= 4 is 32.5 Å². The van der Waals surface area contributed by atoms with Crippen LogP contribution in [0, 0.1) is 10.1 Å². The summed E-state index contributed by atoms with van der Waals surface area (Å²) in [6.45, 7) is 1.88. The van der Waals surface area contributed by atoms with Crippen molar-refractivity contribution in [1.29, 1.82) is 0 Å². The molecule has 42 heavy (non-hydrogen) atoms. The predicted octanol–water partition coefficient (Wildman–Crippen LogP) is 4.91. The van der Waals surface area contributed by atoms with Gasteiger partial charge in [-0.1, -0.05) is 61.7 Å². The van der Waals surface area contributed by atoms with E-state index in [0.717, 1.165) is 54.3 Å². The van der Waals surface area contributed by atoms with Gasteiger partial charge in [-0.25, -0.2) is 8.42 Å². The quantitative estimate of drug-likeness (QED) is 0.167. The monoisotopic (exact) mass is 589 g/mol. The van der Waals surface area contributed by atoms with E-state index in [9.17, 15) is 23.3 Å². The lowest BCUT2D eigenvalue weighted by Crippen LogP contribution is -2.59. The molecule has 0 saturated heterocycles. The molecule has 1 atom stereocenters. The number of sulfonamides is 1. The second-order valence-electron chi connectivity index (χ2n) is 11.4. The summed E-state index contributed by atoms with van der Waals surface area (Å²) < 4.78 is 29.7. The van der Waals surface area contributed by atoms with Crippen molar-refractivity contribution in [2.24, 2.45) is 0 Å². The van der Waals surface area contributed by atoms with E-state index in [2.05, 4.69) is 20.0 Å². The number of nitrogens with one attached hydrogen (secondary N) is 3. The van der Waals surface area contributed by atoms with E-state index in [1.165, 1.54) is 18.2 Å². The van der Waals surface area contributed by atoms with Crippen LogP contribution in [0.2, 0.25) is 0 Å². The molecule has 0 spiro atoms. The zero-order valence-electron chi connectivity index (χ0n) is 23.5. The number of para-hydroxylation sites is 2. The van der Waals surface area contributed by atoms with Crippen molar-refractivity contribution in [3.05, 3.63) is 106 Å². The molecule has 0 radical (unpaired) electrons. The Kier molecular flexibility index (Phi) is 8.42. The van der Waals surface area contributed by atoms with Crippen molar-refractivity contribution in [1.82, 2.24) is 20.0 Å². The van der Waals surface area contributed by atoms with E-state index >= 15 is 0 Å². The summed E-state index contributed by atoms with van der Waals surface area (Å²) in [7, 11) is -4.20. The fourth-order valence-corrected chi connectivity index (χ4v) is 7.67. The number of amides is 1. The highest BCUT2D eigenvalue weighted by molar-refractivity contribution is 7.88. The summed E-state index contributed by atoms with van der Waals surface area (Å²) in [5.41, 5.74) is 0.373. The van der Waals surface area contributed by atoms with Crippen molar-refractivity contribution in [2.75, 3.05) is 6.54 Å². The summed E-state index contributed by atoms with van der Waals surface area (Å²) >= 11 is 0. The van der Waals surface area contributed by atoms with Crippen molar-refractivity contribution < 1.29 is 18.1 Å². The predicted molar refractivity (Wildman–Crippen MR) is 161 cm³/mol. The van der Waals surface area contributed by atoms with Crippen LogP contribution in [0.25, 0.3) is 10.9 Å². The van der Waals surface area contributed by atoms with E-state index in [-0.39, 0.29) is 23.1 Å². The number of aromatic nitrogens is 2. The van der Waals surface area contributed by atoms with Gasteiger partial charge in [-0.2, -0.15) is 4.72 Å². The lowest BCUT2D eigenvalue weighted by atomic mass is 9.71. The van der Waals surface area contributed by atoms with Gasteiger partial charge >= 0.3 is 0 Å². The van der Waals surface area contributed by atoms with E-state index in [0.29, 0.717) is 6.54 Å². The Labute approximate surface area is 245 Å². The van der Waals surface area contributed by atoms with Crippen molar-refractivity contribution in [2.45, 2.75) is 62.2 Å². The molecule has 1 fully saturated rings. The van der Waals surface area contributed by atoms with E-state index in [1.807, 2.05) is 42.5 Å². The minimum absolute atomic E-state index is 0.0427. The number of pyridine rings is 1. The fourth-order valence-electron chi connectivity index (χ4n) is 6.09. The third-order valence-electron chi connectivity index (χ3n) is 8.24. The van der Waals surface area contributed by atoms with Crippen LogP contribution in [-0.2, 0) is 32.4 Å². The summed E-state index contributed by atoms with van der Waals surface area (Å²) in [6, 6.07) is 19.1. The van der Waals surface area contributed by atoms with Crippen molar-refractivity contribution in [3.8, 4) is 0 Å². The van der Waals surface area contributed by atoms with Gasteiger partial charge in [0.05, 0.1) is 10.7 Å². The number of rotatable bonds is 11. The molecule has 2 aromatic carbocycles. The number of hydrogen-bond acceptors (Lipinski definition) is 6. The number of nitro benzene ring substituents is 1. The third-order valence-corrected chi connectivity index (χ3v) is 9.69. The van der Waals surface area contributed by atoms with Crippen LogP contribution in [-0.4, -0.2) is 41.3 Å². The van der Waals surface area contributed by atoms with E-state index < -0.39 is 32.1 Å². The zero-order valence-corrected chi connectivity index (χ0v) is 24.3. The Balaban J connectivity index is 1.45. The smallest absolute Gasteiger partial charge is 0.273 e. The maximum atomic E-state index is 14.1. The third kappa shape index (κ3) is 6.37. The molecule has 0 bridgehead atoms. The molecule has 1 aliphatic rings.